The number of esters is 1. The lowest BCUT2D eigenvalue weighted by atomic mass is 10.0. The second kappa shape index (κ2) is 8.80. The summed E-state index contributed by atoms with van der Waals surface area (Å²) < 4.78 is 6.99. The van der Waals surface area contributed by atoms with Gasteiger partial charge in [-0.2, -0.15) is 0 Å². The van der Waals surface area contributed by atoms with Crippen molar-refractivity contribution in [2.75, 3.05) is 6.61 Å². The second-order valence-electron chi connectivity index (χ2n) is 5.49. The van der Waals surface area contributed by atoms with Crippen molar-refractivity contribution in [2.45, 2.75) is 59.1 Å². The third kappa shape index (κ3) is 5.78. The van der Waals surface area contributed by atoms with Crippen LogP contribution in [-0.2, 0) is 16.1 Å². The van der Waals surface area contributed by atoms with E-state index in [0.717, 1.165) is 31.4 Å². The van der Waals surface area contributed by atoms with Crippen molar-refractivity contribution in [2.24, 2.45) is 5.92 Å². The van der Waals surface area contributed by atoms with E-state index in [9.17, 15) is 9.90 Å². The number of aliphatic hydroxyl groups is 1. The standard InChI is InChI=1S/C16H27NO3/c1-4-20-15(18)8-6-5-7-10-17-11-9-14(12-17)16(19)13(2)3/h9,11-13,16,19H,4-8,10H2,1-3H3. The van der Waals surface area contributed by atoms with Crippen LogP contribution in [0, 0.1) is 5.92 Å². The number of unbranched alkanes of at least 4 members (excludes halogenated alkanes) is 2. The molecular formula is C16H27NO3. The Bertz CT molecular complexity index is 398. The summed E-state index contributed by atoms with van der Waals surface area (Å²) in [5.41, 5.74) is 0.978. The molecule has 1 atom stereocenters. The predicted octanol–water partition coefficient (Wildman–Crippen LogP) is 3.30. The molecule has 114 valence electrons. The number of aliphatic hydroxyl groups excluding tert-OH is 1. The van der Waals surface area contributed by atoms with Crippen molar-refractivity contribution in [1.29, 1.82) is 0 Å². The average Bonchev–Trinajstić information content (AvgIpc) is 2.86. The lowest BCUT2D eigenvalue weighted by Crippen LogP contribution is -2.04. The fraction of sp³-hybridized carbons (Fsp3) is 0.688. The van der Waals surface area contributed by atoms with Gasteiger partial charge in [-0.25, -0.2) is 0 Å². The van der Waals surface area contributed by atoms with Crippen LogP contribution in [0.2, 0.25) is 0 Å². The first-order valence-electron chi connectivity index (χ1n) is 7.54. The molecule has 0 fully saturated rings. The summed E-state index contributed by atoms with van der Waals surface area (Å²) in [6.45, 7) is 7.23. The van der Waals surface area contributed by atoms with Crippen LogP contribution in [0.4, 0.5) is 0 Å². The predicted molar refractivity (Wildman–Crippen MR) is 79.3 cm³/mol. The molecule has 0 spiro atoms. The van der Waals surface area contributed by atoms with E-state index in [4.69, 9.17) is 4.74 Å². The molecule has 1 unspecified atom stereocenters. The van der Waals surface area contributed by atoms with E-state index in [1.807, 2.05) is 39.2 Å². The minimum absolute atomic E-state index is 0.101. The van der Waals surface area contributed by atoms with Crippen LogP contribution in [0.25, 0.3) is 0 Å². The number of carbonyl (C=O) groups excluding carboxylic acids is 1. The fourth-order valence-corrected chi connectivity index (χ4v) is 2.13. The van der Waals surface area contributed by atoms with Gasteiger partial charge in [0, 0.05) is 25.4 Å². The summed E-state index contributed by atoms with van der Waals surface area (Å²) in [7, 11) is 0. The lowest BCUT2D eigenvalue weighted by molar-refractivity contribution is -0.143. The summed E-state index contributed by atoms with van der Waals surface area (Å²) in [6.07, 6.45) is 7.06. The number of rotatable bonds is 9. The monoisotopic (exact) mass is 281 g/mol. The highest BCUT2D eigenvalue weighted by Gasteiger charge is 2.12. The zero-order valence-electron chi connectivity index (χ0n) is 12.8. The van der Waals surface area contributed by atoms with Gasteiger partial charge < -0.3 is 14.4 Å². The van der Waals surface area contributed by atoms with E-state index in [0.29, 0.717) is 13.0 Å². The van der Waals surface area contributed by atoms with Crippen LogP contribution in [0.15, 0.2) is 18.5 Å². The van der Waals surface area contributed by atoms with Gasteiger partial charge >= 0.3 is 5.97 Å². The Hall–Kier alpha value is -1.29. The molecule has 0 aromatic carbocycles. The van der Waals surface area contributed by atoms with Crippen molar-refractivity contribution in [3.8, 4) is 0 Å². The first-order valence-corrected chi connectivity index (χ1v) is 7.54. The smallest absolute Gasteiger partial charge is 0.305 e. The van der Waals surface area contributed by atoms with E-state index >= 15 is 0 Å². The van der Waals surface area contributed by atoms with Gasteiger partial charge in [0.05, 0.1) is 12.7 Å². The highest BCUT2D eigenvalue weighted by molar-refractivity contribution is 5.69. The molecule has 4 heteroatoms. The summed E-state index contributed by atoms with van der Waals surface area (Å²) >= 11 is 0. The SMILES string of the molecule is CCOC(=O)CCCCCn1ccc(C(O)C(C)C)c1. The maximum absolute atomic E-state index is 11.2. The van der Waals surface area contributed by atoms with Crippen LogP contribution in [-0.4, -0.2) is 22.2 Å². The van der Waals surface area contributed by atoms with Gasteiger partial charge in [-0.3, -0.25) is 4.79 Å². The molecule has 0 radical (unpaired) electrons. The topological polar surface area (TPSA) is 51.5 Å². The molecule has 1 rings (SSSR count). The Morgan fingerprint density at radius 2 is 2.10 bits per heavy atom. The molecule has 1 aromatic heterocycles. The Balaban J connectivity index is 2.21. The van der Waals surface area contributed by atoms with Gasteiger partial charge in [-0.15, -0.1) is 0 Å². The Labute approximate surface area is 121 Å². The van der Waals surface area contributed by atoms with Crippen molar-refractivity contribution in [1.82, 2.24) is 4.57 Å². The molecule has 0 bridgehead atoms. The highest BCUT2D eigenvalue weighted by Crippen LogP contribution is 2.21. The first-order chi connectivity index (χ1) is 9.54. The number of hydrogen-bond donors (Lipinski definition) is 1. The van der Waals surface area contributed by atoms with Crippen LogP contribution in [0.1, 0.15) is 58.1 Å². The minimum Gasteiger partial charge on any atom is -0.466 e. The van der Waals surface area contributed by atoms with Gasteiger partial charge in [0.15, 0.2) is 0 Å². The summed E-state index contributed by atoms with van der Waals surface area (Å²) in [4.78, 5) is 11.2. The second-order valence-corrected chi connectivity index (χ2v) is 5.49. The molecule has 0 aliphatic carbocycles. The van der Waals surface area contributed by atoms with E-state index in [-0.39, 0.29) is 18.0 Å². The van der Waals surface area contributed by atoms with Crippen molar-refractivity contribution >= 4 is 5.97 Å². The first kappa shape index (κ1) is 16.8. The number of hydrogen-bond acceptors (Lipinski definition) is 3. The maximum atomic E-state index is 11.2. The number of aryl methyl sites for hydroxylation is 1. The molecule has 0 aliphatic heterocycles. The number of ether oxygens (including phenoxy) is 1. The Kier molecular flexibility index (Phi) is 7.37. The van der Waals surface area contributed by atoms with Crippen molar-refractivity contribution in [3.05, 3.63) is 24.0 Å². The molecule has 20 heavy (non-hydrogen) atoms. The van der Waals surface area contributed by atoms with Crippen molar-refractivity contribution < 1.29 is 14.6 Å². The van der Waals surface area contributed by atoms with Crippen LogP contribution in [0.5, 0.6) is 0 Å². The quantitative estimate of drug-likeness (QED) is 0.558. The van der Waals surface area contributed by atoms with Gasteiger partial charge in [0.25, 0.3) is 0 Å². The maximum Gasteiger partial charge on any atom is 0.305 e. The number of nitrogens with zero attached hydrogens (tertiary/aromatic N) is 1. The van der Waals surface area contributed by atoms with Gasteiger partial charge in [0.2, 0.25) is 0 Å². The highest BCUT2D eigenvalue weighted by atomic mass is 16.5. The number of aromatic nitrogens is 1. The van der Waals surface area contributed by atoms with Crippen molar-refractivity contribution in [3.63, 3.8) is 0 Å². The van der Waals surface area contributed by atoms with Gasteiger partial charge in [-0.1, -0.05) is 20.3 Å². The van der Waals surface area contributed by atoms with Crippen LogP contribution >= 0.6 is 0 Å². The van der Waals surface area contributed by atoms with Gasteiger partial charge in [-0.05, 0) is 37.3 Å². The van der Waals surface area contributed by atoms with Crippen LogP contribution < -0.4 is 0 Å². The molecule has 0 saturated carbocycles. The van der Waals surface area contributed by atoms with E-state index in [2.05, 4.69) is 4.57 Å². The minimum atomic E-state index is -0.389. The Morgan fingerprint density at radius 1 is 1.35 bits per heavy atom. The van der Waals surface area contributed by atoms with E-state index < -0.39 is 0 Å². The third-order valence-electron chi connectivity index (χ3n) is 3.35. The molecule has 1 aromatic rings. The summed E-state index contributed by atoms with van der Waals surface area (Å²) in [5, 5.41) is 9.97. The zero-order valence-corrected chi connectivity index (χ0v) is 12.8. The molecule has 0 saturated heterocycles. The number of carbonyl (C=O) groups is 1. The average molecular weight is 281 g/mol. The Morgan fingerprint density at radius 3 is 2.75 bits per heavy atom. The zero-order chi connectivity index (χ0) is 15.0. The third-order valence-corrected chi connectivity index (χ3v) is 3.35. The van der Waals surface area contributed by atoms with Gasteiger partial charge in [0.1, 0.15) is 0 Å². The van der Waals surface area contributed by atoms with Crippen LogP contribution in [0.3, 0.4) is 0 Å². The fourth-order valence-electron chi connectivity index (χ4n) is 2.13. The summed E-state index contributed by atoms with van der Waals surface area (Å²) in [5.74, 6) is 0.131. The molecule has 1 heterocycles. The molecule has 0 aliphatic rings. The lowest BCUT2D eigenvalue weighted by Gasteiger charge is -2.12. The molecule has 0 amide bonds. The molecule has 1 N–H and O–H groups in total. The van der Waals surface area contributed by atoms with E-state index in [1.165, 1.54) is 0 Å². The largest absolute Gasteiger partial charge is 0.466 e. The molecular weight excluding hydrogens is 254 g/mol. The molecule has 4 nitrogen and oxygen atoms in total. The van der Waals surface area contributed by atoms with E-state index in [1.54, 1.807) is 0 Å². The normalized spacial score (nSPS) is 12.7. The summed E-state index contributed by atoms with van der Waals surface area (Å²) in [6, 6.07) is 1.98.